The minimum atomic E-state index is 1.00. The Balaban J connectivity index is 1.55. The van der Waals surface area contributed by atoms with E-state index in [1.807, 2.05) is 22.7 Å². The van der Waals surface area contributed by atoms with E-state index in [4.69, 9.17) is 0 Å². The fourth-order valence-electron chi connectivity index (χ4n) is 4.55. The summed E-state index contributed by atoms with van der Waals surface area (Å²) in [5.41, 5.74) is 7.18. The molecule has 0 amide bonds. The summed E-state index contributed by atoms with van der Waals surface area (Å²) in [6.45, 7) is 7.72. The summed E-state index contributed by atoms with van der Waals surface area (Å²) in [6.07, 6.45) is 11.6. The third-order valence-electron chi connectivity index (χ3n) is 6.16. The second-order valence-electron chi connectivity index (χ2n) is 8.50. The Bertz CT molecular complexity index is 1360. The molecule has 0 aliphatic carbocycles. The number of rotatable bonds is 8. The topological polar surface area (TPSA) is 30.7 Å². The van der Waals surface area contributed by atoms with Gasteiger partial charge < -0.3 is 4.57 Å². The monoisotopic (exact) mass is 447 g/mol. The first-order valence-corrected chi connectivity index (χ1v) is 13.0. The highest BCUT2D eigenvalue weighted by atomic mass is 32.1. The van der Waals surface area contributed by atoms with E-state index in [9.17, 15) is 0 Å². The smallest absolute Gasteiger partial charge is 0.0975 e. The molecule has 0 radical (unpaired) electrons. The predicted octanol–water partition coefficient (Wildman–Crippen LogP) is 8.51. The molecule has 5 aromatic rings. The van der Waals surface area contributed by atoms with Crippen molar-refractivity contribution in [2.45, 2.75) is 65.8 Å². The van der Waals surface area contributed by atoms with Crippen molar-refractivity contribution >= 4 is 54.1 Å². The van der Waals surface area contributed by atoms with Gasteiger partial charge in [0, 0.05) is 34.3 Å². The number of nitrogens with zero attached hydrogens (tertiary/aromatic N) is 3. The Kier molecular flexibility index (Phi) is 5.81. The summed E-state index contributed by atoms with van der Waals surface area (Å²) in [4.78, 5) is 12.0. The fourth-order valence-corrected chi connectivity index (χ4v) is 6.90. The molecule has 0 unspecified atom stereocenters. The number of hydrogen-bond acceptors (Lipinski definition) is 4. The van der Waals surface area contributed by atoms with Gasteiger partial charge in [0.1, 0.15) is 0 Å². The second-order valence-corrected chi connectivity index (χ2v) is 10.8. The maximum atomic E-state index is 4.69. The molecule has 160 valence electrons. The van der Waals surface area contributed by atoms with E-state index in [0.29, 0.717) is 0 Å². The number of aryl methyl sites for hydroxylation is 3. The van der Waals surface area contributed by atoms with Gasteiger partial charge in [-0.05, 0) is 38.0 Å². The van der Waals surface area contributed by atoms with E-state index < -0.39 is 0 Å². The van der Waals surface area contributed by atoms with Crippen molar-refractivity contribution in [3.05, 3.63) is 47.1 Å². The zero-order valence-corrected chi connectivity index (χ0v) is 20.2. The summed E-state index contributed by atoms with van der Waals surface area (Å²) in [6, 6.07) is 9.14. The van der Waals surface area contributed by atoms with E-state index in [1.54, 1.807) is 12.4 Å². The molecule has 0 fully saturated rings. The summed E-state index contributed by atoms with van der Waals surface area (Å²) in [5.74, 6) is 0. The third-order valence-corrected chi connectivity index (χ3v) is 8.53. The lowest BCUT2D eigenvalue weighted by Crippen LogP contribution is -1.97. The Morgan fingerprint density at radius 1 is 0.806 bits per heavy atom. The molecular formula is C26H29N3S2. The van der Waals surface area contributed by atoms with Crippen LogP contribution in [0.1, 0.15) is 55.9 Å². The molecule has 0 N–H and O–H groups in total. The van der Waals surface area contributed by atoms with Gasteiger partial charge in [0.2, 0.25) is 0 Å². The number of thiophene rings is 2. The normalized spacial score (nSPS) is 12.0. The van der Waals surface area contributed by atoms with Crippen LogP contribution in [0.15, 0.2) is 36.7 Å². The van der Waals surface area contributed by atoms with Crippen molar-refractivity contribution in [2.24, 2.45) is 0 Å². The van der Waals surface area contributed by atoms with Crippen molar-refractivity contribution in [1.82, 2.24) is 14.5 Å². The van der Waals surface area contributed by atoms with E-state index in [2.05, 4.69) is 59.6 Å². The number of hydrogen-bond donors (Lipinski definition) is 0. The first-order valence-electron chi connectivity index (χ1n) is 11.4. The quantitative estimate of drug-likeness (QED) is 0.223. The zero-order valence-electron chi connectivity index (χ0n) is 18.6. The lowest BCUT2D eigenvalue weighted by Gasteiger charge is -2.07. The Morgan fingerprint density at radius 3 is 2.35 bits per heavy atom. The van der Waals surface area contributed by atoms with Crippen LogP contribution in [0.3, 0.4) is 0 Å². The summed E-state index contributed by atoms with van der Waals surface area (Å²) < 4.78 is 5.43. The van der Waals surface area contributed by atoms with Gasteiger partial charge in [-0.3, -0.25) is 9.97 Å². The lowest BCUT2D eigenvalue weighted by atomic mass is 10.1. The van der Waals surface area contributed by atoms with Crippen LogP contribution in [-0.2, 0) is 6.54 Å². The van der Waals surface area contributed by atoms with Gasteiger partial charge in [0.15, 0.2) is 0 Å². The van der Waals surface area contributed by atoms with Crippen LogP contribution >= 0.6 is 22.7 Å². The number of fused-ring (bicyclic) bond motifs is 4. The molecule has 0 saturated heterocycles. The summed E-state index contributed by atoms with van der Waals surface area (Å²) in [7, 11) is 0. The molecule has 0 saturated carbocycles. The maximum Gasteiger partial charge on any atom is 0.0975 e. The van der Waals surface area contributed by atoms with Crippen molar-refractivity contribution in [2.75, 3.05) is 0 Å². The molecule has 0 spiro atoms. The van der Waals surface area contributed by atoms with Gasteiger partial charge in [-0.15, -0.1) is 22.7 Å². The molecule has 0 bridgehead atoms. The lowest BCUT2D eigenvalue weighted by molar-refractivity contribution is 0.571. The molecule has 3 nitrogen and oxygen atoms in total. The average Bonchev–Trinajstić information content (AvgIpc) is 3.43. The van der Waals surface area contributed by atoms with Crippen LogP contribution in [0.5, 0.6) is 0 Å². The molecule has 0 atom stereocenters. The summed E-state index contributed by atoms with van der Waals surface area (Å²) >= 11 is 3.84. The highest BCUT2D eigenvalue weighted by Crippen LogP contribution is 2.44. The van der Waals surface area contributed by atoms with Gasteiger partial charge in [-0.25, -0.2) is 0 Å². The van der Waals surface area contributed by atoms with Crippen molar-refractivity contribution in [3.63, 3.8) is 0 Å². The van der Waals surface area contributed by atoms with Crippen molar-refractivity contribution < 1.29 is 0 Å². The highest BCUT2D eigenvalue weighted by Gasteiger charge is 2.18. The molecule has 4 heterocycles. The fraction of sp³-hybridized carbons (Fsp3) is 0.385. The highest BCUT2D eigenvalue weighted by molar-refractivity contribution is 7.29. The first-order chi connectivity index (χ1) is 15.2. The molecule has 5 heteroatoms. The molecule has 0 aliphatic rings. The average molecular weight is 448 g/mol. The van der Waals surface area contributed by atoms with Gasteiger partial charge in [-0.2, -0.15) is 0 Å². The van der Waals surface area contributed by atoms with Gasteiger partial charge in [0.25, 0.3) is 0 Å². The van der Waals surface area contributed by atoms with Crippen LogP contribution < -0.4 is 0 Å². The molecular weight excluding hydrogens is 418 g/mol. The molecule has 5 rings (SSSR count). The minimum Gasteiger partial charge on any atom is -0.339 e. The van der Waals surface area contributed by atoms with Crippen LogP contribution in [0.4, 0.5) is 0 Å². The van der Waals surface area contributed by atoms with Crippen molar-refractivity contribution in [3.8, 4) is 10.4 Å². The predicted molar refractivity (Wildman–Crippen MR) is 137 cm³/mol. The van der Waals surface area contributed by atoms with E-state index in [-0.39, 0.29) is 0 Å². The molecule has 31 heavy (non-hydrogen) atoms. The first kappa shape index (κ1) is 20.7. The largest absolute Gasteiger partial charge is 0.339 e. The number of benzene rings is 1. The van der Waals surface area contributed by atoms with Gasteiger partial charge in [-0.1, -0.05) is 51.2 Å². The van der Waals surface area contributed by atoms with Gasteiger partial charge in [0.05, 0.1) is 31.5 Å². The minimum absolute atomic E-state index is 1.00. The van der Waals surface area contributed by atoms with Crippen LogP contribution in [0.25, 0.3) is 41.9 Å². The van der Waals surface area contributed by atoms with E-state index in [1.165, 1.54) is 79.8 Å². The van der Waals surface area contributed by atoms with Gasteiger partial charge >= 0.3 is 0 Å². The van der Waals surface area contributed by atoms with Crippen LogP contribution in [0, 0.1) is 13.8 Å². The Morgan fingerprint density at radius 2 is 1.52 bits per heavy atom. The van der Waals surface area contributed by atoms with Crippen molar-refractivity contribution in [1.29, 1.82) is 0 Å². The second kappa shape index (κ2) is 8.71. The standard InChI is InChI=1S/C26H29N3S2/c1-4-5-6-7-8-9-14-29-20-15-18(3)30-25(20)26-21(29)16-22(31-26)19-11-10-17(2)23-24(19)28-13-12-27-23/h10-13,15-16H,4-9,14H2,1-3H3. The van der Waals surface area contributed by atoms with Crippen LogP contribution in [0.2, 0.25) is 0 Å². The van der Waals surface area contributed by atoms with E-state index >= 15 is 0 Å². The Hall–Kier alpha value is -2.24. The maximum absolute atomic E-state index is 4.69. The molecule has 4 aromatic heterocycles. The zero-order chi connectivity index (χ0) is 21.4. The molecule has 1 aromatic carbocycles. The Labute approximate surface area is 191 Å². The van der Waals surface area contributed by atoms with Crippen LogP contribution in [-0.4, -0.2) is 14.5 Å². The third kappa shape index (κ3) is 3.79. The molecule has 0 aliphatic heterocycles. The number of aromatic nitrogens is 3. The van der Waals surface area contributed by atoms with E-state index in [0.717, 1.165) is 17.6 Å². The SMILES string of the molecule is CCCCCCCCn1c2cc(C)sc2c2sc(-c3ccc(C)c4nccnc34)cc21. The number of unbranched alkanes of at least 4 members (excludes halogenated alkanes) is 5. The summed E-state index contributed by atoms with van der Waals surface area (Å²) in [5, 5.41) is 0.